The Labute approximate surface area is 64.5 Å². The summed E-state index contributed by atoms with van der Waals surface area (Å²) in [6.07, 6.45) is 4.48. The third-order valence-electron chi connectivity index (χ3n) is 1.24. The maximum absolute atomic E-state index is 10.8. The summed E-state index contributed by atoms with van der Waals surface area (Å²) in [5, 5.41) is 0. The summed E-state index contributed by atoms with van der Waals surface area (Å²) in [6, 6.07) is 0. The minimum absolute atomic E-state index is 0.244. The van der Waals surface area contributed by atoms with Crippen LogP contribution in [0.5, 0.6) is 0 Å². The van der Waals surface area contributed by atoms with E-state index in [1.165, 1.54) is 10.8 Å². The predicted molar refractivity (Wildman–Crippen MR) is 41.5 cm³/mol. The fraction of sp³-hybridized carbons (Fsp3) is 0.143. The molecule has 0 fully saturated rings. The van der Waals surface area contributed by atoms with E-state index in [2.05, 4.69) is 17.0 Å². The summed E-state index contributed by atoms with van der Waals surface area (Å²) in [4.78, 5) is 14.7. The molecule has 0 aliphatic carbocycles. The highest BCUT2D eigenvalue weighted by Gasteiger charge is 1.97. The van der Waals surface area contributed by atoms with Crippen molar-refractivity contribution in [2.45, 2.75) is 6.92 Å². The van der Waals surface area contributed by atoms with Crippen LogP contribution in [0.3, 0.4) is 0 Å². The van der Waals surface area contributed by atoms with Crippen molar-refractivity contribution in [3.05, 3.63) is 30.9 Å². The van der Waals surface area contributed by atoms with Crippen LogP contribution < -0.4 is 5.43 Å². The first kappa shape index (κ1) is 7.53. The van der Waals surface area contributed by atoms with Crippen molar-refractivity contribution >= 4 is 5.91 Å². The van der Waals surface area contributed by atoms with Crippen molar-refractivity contribution in [1.82, 2.24) is 9.66 Å². The van der Waals surface area contributed by atoms with Crippen LogP contribution in [0, 0.1) is 6.92 Å². The molecule has 1 N–H and O–H groups in total. The number of nitrogens with one attached hydrogen (secondary N) is 1. The van der Waals surface area contributed by atoms with Crippen LogP contribution in [-0.4, -0.2) is 15.6 Å². The van der Waals surface area contributed by atoms with Crippen LogP contribution in [0.2, 0.25) is 0 Å². The van der Waals surface area contributed by atoms with Gasteiger partial charge in [-0.2, -0.15) is 0 Å². The molecule has 0 bridgehead atoms. The van der Waals surface area contributed by atoms with E-state index >= 15 is 0 Å². The number of imidazole rings is 1. The van der Waals surface area contributed by atoms with Gasteiger partial charge in [0.25, 0.3) is 5.91 Å². The quantitative estimate of drug-likeness (QED) is 0.624. The van der Waals surface area contributed by atoms with E-state index in [0.29, 0.717) is 0 Å². The molecule has 1 aromatic rings. The van der Waals surface area contributed by atoms with Gasteiger partial charge in [0.1, 0.15) is 5.82 Å². The maximum atomic E-state index is 10.8. The molecule has 0 atom stereocenters. The van der Waals surface area contributed by atoms with Gasteiger partial charge in [0.2, 0.25) is 0 Å². The van der Waals surface area contributed by atoms with E-state index < -0.39 is 0 Å². The Morgan fingerprint density at radius 3 is 3.09 bits per heavy atom. The topological polar surface area (TPSA) is 46.9 Å². The van der Waals surface area contributed by atoms with Crippen LogP contribution in [0.1, 0.15) is 5.82 Å². The number of carbonyl (C=O) groups is 1. The van der Waals surface area contributed by atoms with Crippen LogP contribution in [0.25, 0.3) is 0 Å². The molecule has 0 saturated carbocycles. The molecule has 1 aromatic heterocycles. The van der Waals surface area contributed by atoms with Crippen molar-refractivity contribution < 1.29 is 4.79 Å². The highest BCUT2D eigenvalue weighted by atomic mass is 16.2. The van der Waals surface area contributed by atoms with Gasteiger partial charge in [-0.25, -0.2) is 9.66 Å². The molecule has 11 heavy (non-hydrogen) atoms. The Morgan fingerprint density at radius 2 is 2.64 bits per heavy atom. The second-order valence-corrected chi connectivity index (χ2v) is 2.02. The van der Waals surface area contributed by atoms with E-state index in [9.17, 15) is 4.79 Å². The van der Waals surface area contributed by atoms with Crippen molar-refractivity contribution in [3.8, 4) is 0 Å². The smallest absolute Gasteiger partial charge is 0.262 e. The van der Waals surface area contributed by atoms with Crippen LogP contribution in [-0.2, 0) is 4.79 Å². The lowest BCUT2D eigenvalue weighted by atomic mass is 10.6. The number of rotatable bonds is 2. The zero-order valence-electron chi connectivity index (χ0n) is 6.24. The monoisotopic (exact) mass is 151 g/mol. The van der Waals surface area contributed by atoms with Crippen LogP contribution in [0.15, 0.2) is 25.0 Å². The van der Waals surface area contributed by atoms with Crippen molar-refractivity contribution in [2.24, 2.45) is 0 Å². The van der Waals surface area contributed by atoms with Crippen LogP contribution in [0.4, 0.5) is 0 Å². The van der Waals surface area contributed by atoms with E-state index in [-0.39, 0.29) is 5.91 Å². The Hall–Kier alpha value is -1.58. The van der Waals surface area contributed by atoms with Gasteiger partial charge in [0.05, 0.1) is 0 Å². The van der Waals surface area contributed by atoms with Crippen LogP contribution >= 0.6 is 0 Å². The summed E-state index contributed by atoms with van der Waals surface area (Å²) in [5.74, 6) is 0.492. The SMILES string of the molecule is C=CC(=O)Nn1ccnc1C. The first-order valence-electron chi connectivity index (χ1n) is 3.17. The molecule has 1 amide bonds. The van der Waals surface area contributed by atoms with Gasteiger partial charge in [0.15, 0.2) is 0 Å². The fourth-order valence-electron chi connectivity index (χ4n) is 0.660. The molecule has 0 saturated heterocycles. The van der Waals surface area contributed by atoms with Gasteiger partial charge in [-0.05, 0) is 13.0 Å². The highest BCUT2D eigenvalue weighted by molar-refractivity contribution is 5.93. The molecule has 0 aliphatic heterocycles. The van der Waals surface area contributed by atoms with Gasteiger partial charge in [0, 0.05) is 12.4 Å². The molecule has 58 valence electrons. The lowest BCUT2D eigenvalue weighted by molar-refractivity contribution is -0.112. The molecule has 4 nitrogen and oxygen atoms in total. The molecule has 0 aromatic carbocycles. The Kier molecular flexibility index (Phi) is 2.06. The third-order valence-corrected chi connectivity index (χ3v) is 1.24. The van der Waals surface area contributed by atoms with Gasteiger partial charge < -0.3 is 0 Å². The maximum Gasteiger partial charge on any atom is 0.262 e. The van der Waals surface area contributed by atoms with Gasteiger partial charge in [-0.15, -0.1) is 0 Å². The number of aromatic nitrogens is 2. The zero-order valence-corrected chi connectivity index (χ0v) is 6.24. The van der Waals surface area contributed by atoms with E-state index in [0.717, 1.165) is 5.82 Å². The highest BCUT2D eigenvalue weighted by Crippen LogP contribution is 1.90. The van der Waals surface area contributed by atoms with Crippen molar-refractivity contribution in [2.75, 3.05) is 5.43 Å². The minimum Gasteiger partial charge on any atom is -0.268 e. The summed E-state index contributed by atoms with van der Waals surface area (Å²) in [6.45, 7) is 5.12. The first-order valence-corrected chi connectivity index (χ1v) is 3.17. The van der Waals surface area contributed by atoms with Gasteiger partial charge >= 0.3 is 0 Å². The average molecular weight is 151 g/mol. The zero-order chi connectivity index (χ0) is 8.27. The Bertz CT molecular complexity index is 277. The lowest BCUT2D eigenvalue weighted by Crippen LogP contribution is -2.20. The second-order valence-electron chi connectivity index (χ2n) is 2.02. The summed E-state index contributed by atoms with van der Waals surface area (Å²) in [7, 11) is 0. The summed E-state index contributed by atoms with van der Waals surface area (Å²) < 4.78 is 1.53. The van der Waals surface area contributed by atoms with Gasteiger partial charge in [-0.3, -0.25) is 10.2 Å². The molecule has 1 heterocycles. The number of hydrogen-bond acceptors (Lipinski definition) is 2. The standard InChI is InChI=1S/C7H9N3O/c1-3-7(11)9-10-5-4-8-6(10)2/h3-5H,1H2,2H3,(H,9,11). The molecule has 1 rings (SSSR count). The van der Waals surface area contributed by atoms with E-state index in [1.807, 2.05) is 0 Å². The fourth-order valence-corrected chi connectivity index (χ4v) is 0.660. The van der Waals surface area contributed by atoms with E-state index in [1.54, 1.807) is 19.3 Å². The Morgan fingerprint density at radius 1 is 1.91 bits per heavy atom. The molecule has 0 aliphatic rings. The lowest BCUT2D eigenvalue weighted by Gasteiger charge is -2.02. The third kappa shape index (κ3) is 1.67. The minimum atomic E-state index is -0.244. The number of hydrogen-bond donors (Lipinski definition) is 1. The number of amides is 1. The normalized spacial score (nSPS) is 9.18. The average Bonchev–Trinajstić information content (AvgIpc) is 2.37. The molecule has 0 radical (unpaired) electrons. The number of nitrogens with zero attached hydrogens (tertiary/aromatic N) is 2. The predicted octanol–water partition coefficient (Wildman–Crippen LogP) is 0.448. The largest absolute Gasteiger partial charge is 0.268 e. The van der Waals surface area contributed by atoms with Crippen molar-refractivity contribution in [1.29, 1.82) is 0 Å². The second kappa shape index (κ2) is 3.01. The van der Waals surface area contributed by atoms with Gasteiger partial charge in [-0.1, -0.05) is 6.58 Å². The molecule has 0 spiro atoms. The molecular formula is C7H9N3O. The molecule has 0 unspecified atom stereocenters. The number of aryl methyl sites for hydroxylation is 1. The van der Waals surface area contributed by atoms with Crippen molar-refractivity contribution in [3.63, 3.8) is 0 Å². The Balaban J connectivity index is 2.71. The molecular weight excluding hydrogens is 142 g/mol. The molecule has 4 heteroatoms. The van der Waals surface area contributed by atoms with E-state index in [4.69, 9.17) is 0 Å². The number of carbonyl (C=O) groups excluding carboxylic acids is 1. The summed E-state index contributed by atoms with van der Waals surface area (Å²) in [5.41, 5.74) is 2.54. The first-order chi connectivity index (χ1) is 5.24. The summed E-state index contributed by atoms with van der Waals surface area (Å²) >= 11 is 0.